The van der Waals surface area contributed by atoms with Crippen LogP contribution in [-0.2, 0) is 0 Å². The average molecular weight is 330 g/mol. The maximum Gasteiger partial charge on any atom is 0.310 e. The molecule has 0 radical (unpaired) electrons. The van der Waals surface area contributed by atoms with Crippen molar-refractivity contribution >= 4 is 22.7 Å². The number of hydrogen-bond acceptors (Lipinski definition) is 5. The molecular formula is C12H16BrN3O3. The van der Waals surface area contributed by atoms with Crippen molar-refractivity contribution in [2.45, 2.75) is 0 Å². The van der Waals surface area contributed by atoms with Crippen molar-refractivity contribution in [3.63, 3.8) is 0 Å². The van der Waals surface area contributed by atoms with Gasteiger partial charge in [-0.1, -0.05) is 12.1 Å². The van der Waals surface area contributed by atoms with Gasteiger partial charge in [-0.2, -0.15) is 0 Å². The van der Waals surface area contributed by atoms with Crippen LogP contribution in [0.2, 0.25) is 0 Å². The Morgan fingerprint density at radius 2 is 2.11 bits per heavy atom. The fourth-order valence-corrected chi connectivity index (χ4v) is 1.74. The Labute approximate surface area is 122 Å². The van der Waals surface area contributed by atoms with Crippen LogP contribution < -0.4 is 4.74 Å². The van der Waals surface area contributed by atoms with Crippen molar-refractivity contribution < 1.29 is 9.66 Å². The van der Waals surface area contributed by atoms with Crippen LogP contribution in [0.15, 0.2) is 36.7 Å². The summed E-state index contributed by atoms with van der Waals surface area (Å²) in [5.41, 5.74) is 0.00609. The van der Waals surface area contributed by atoms with E-state index in [-0.39, 0.29) is 22.7 Å². The van der Waals surface area contributed by atoms with Crippen molar-refractivity contribution in [2.75, 3.05) is 26.9 Å². The Hall–Kier alpha value is -1.76. The Balaban J connectivity index is 0.00000180. The van der Waals surface area contributed by atoms with E-state index in [2.05, 4.69) is 4.90 Å². The second-order valence-electron chi connectivity index (χ2n) is 4.08. The number of benzene rings is 1. The molecule has 0 aliphatic carbocycles. The molecule has 1 aromatic rings. The van der Waals surface area contributed by atoms with Gasteiger partial charge in [0.1, 0.15) is 6.61 Å². The molecule has 1 aliphatic rings. The Morgan fingerprint density at radius 3 is 2.74 bits per heavy atom. The first-order chi connectivity index (χ1) is 8.66. The van der Waals surface area contributed by atoms with Crippen LogP contribution in [0.4, 0.5) is 5.69 Å². The topological polar surface area (TPSA) is 58.8 Å². The van der Waals surface area contributed by atoms with Gasteiger partial charge in [-0.15, -0.1) is 17.0 Å². The zero-order chi connectivity index (χ0) is 13.0. The lowest BCUT2D eigenvalue weighted by Gasteiger charge is -2.18. The fourth-order valence-electron chi connectivity index (χ4n) is 1.74. The molecule has 104 valence electrons. The molecule has 0 N–H and O–H groups in total. The highest BCUT2D eigenvalue weighted by Crippen LogP contribution is 2.25. The minimum atomic E-state index is -0.432. The van der Waals surface area contributed by atoms with Crippen molar-refractivity contribution in [3.05, 3.63) is 46.8 Å². The normalized spacial score (nSPS) is 13.3. The predicted octanol–water partition coefficient (Wildman–Crippen LogP) is 2.23. The quantitative estimate of drug-likeness (QED) is 0.612. The highest BCUT2D eigenvalue weighted by molar-refractivity contribution is 8.93. The largest absolute Gasteiger partial charge is 0.485 e. The molecule has 19 heavy (non-hydrogen) atoms. The highest BCUT2D eigenvalue weighted by Gasteiger charge is 2.14. The standard InChI is InChI=1S/C12H15N3O3.BrH/c1-13-6-7-14(10-13)8-9-18-12-5-3-2-4-11(12)15(16)17;/h2-7H,8-10H2,1H3;1H. The zero-order valence-corrected chi connectivity index (χ0v) is 12.3. The smallest absolute Gasteiger partial charge is 0.310 e. The lowest BCUT2D eigenvalue weighted by Crippen LogP contribution is -2.26. The van der Waals surface area contributed by atoms with Gasteiger partial charge in [0.2, 0.25) is 0 Å². The first-order valence-corrected chi connectivity index (χ1v) is 5.65. The summed E-state index contributed by atoms with van der Waals surface area (Å²) in [6.45, 7) is 1.94. The summed E-state index contributed by atoms with van der Waals surface area (Å²) < 4.78 is 5.46. The number of nitro benzene ring substituents is 1. The molecule has 0 unspecified atom stereocenters. The van der Waals surface area contributed by atoms with E-state index >= 15 is 0 Å². The molecular weight excluding hydrogens is 314 g/mol. The number of hydrogen-bond donors (Lipinski definition) is 0. The summed E-state index contributed by atoms with van der Waals surface area (Å²) in [7, 11) is 1.99. The second-order valence-corrected chi connectivity index (χ2v) is 4.08. The van der Waals surface area contributed by atoms with E-state index < -0.39 is 4.92 Å². The van der Waals surface area contributed by atoms with Crippen LogP contribution in [0.3, 0.4) is 0 Å². The van der Waals surface area contributed by atoms with Crippen molar-refractivity contribution in [2.24, 2.45) is 0 Å². The maximum atomic E-state index is 10.8. The molecule has 0 spiro atoms. The molecule has 0 saturated carbocycles. The maximum absolute atomic E-state index is 10.8. The van der Waals surface area contributed by atoms with E-state index in [0.717, 1.165) is 6.67 Å². The second kappa shape index (κ2) is 6.98. The van der Waals surface area contributed by atoms with Crippen LogP contribution in [0.25, 0.3) is 0 Å². The van der Waals surface area contributed by atoms with Gasteiger partial charge >= 0.3 is 5.69 Å². The molecule has 1 aromatic carbocycles. The monoisotopic (exact) mass is 329 g/mol. The van der Waals surface area contributed by atoms with Gasteiger partial charge in [0, 0.05) is 25.5 Å². The molecule has 1 aliphatic heterocycles. The number of para-hydroxylation sites is 2. The molecule has 7 heteroatoms. The molecule has 2 rings (SSSR count). The zero-order valence-electron chi connectivity index (χ0n) is 10.6. The Morgan fingerprint density at radius 1 is 1.37 bits per heavy atom. The summed E-state index contributed by atoms with van der Waals surface area (Å²) in [4.78, 5) is 14.5. The molecule has 0 amide bonds. The summed E-state index contributed by atoms with van der Waals surface area (Å²) in [5.74, 6) is 0.319. The van der Waals surface area contributed by atoms with Crippen LogP contribution in [0, 0.1) is 10.1 Å². The summed E-state index contributed by atoms with van der Waals surface area (Å²) in [5, 5.41) is 10.8. The average Bonchev–Trinajstić information content (AvgIpc) is 2.75. The van der Waals surface area contributed by atoms with Crippen LogP contribution in [-0.4, -0.2) is 41.6 Å². The number of halogens is 1. The van der Waals surface area contributed by atoms with Gasteiger partial charge < -0.3 is 14.5 Å². The Bertz CT molecular complexity index is 467. The fraction of sp³-hybridized carbons (Fsp3) is 0.333. The summed E-state index contributed by atoms with van der Waals surface area (Å²) >= 11 is 0. The minimum absolute atomic E-state index is 0. The van der Waals surface area contributed by atoms with Crippen LogP contribution in [0.1, 0.15) is 0 Å². The third kappa shape index (κ3) is 4.13. The molecule has 6 nitrogen and oxygen atoms in total. The Kier molecular flexibility index (Phi) is 5.62. The van der Waals surface area contributed by atoms with E-state index in [0.29, 0.717) is 18.9 Å². The van der Waals surface area contributed by atoms with Gasteiger partial charge in [-0.05, 0) is 6.07 Å². The first kappa shape index (κ1) is 15.3. The van der Waals surface area contributed by atoms with E-state index in [4.69, 9.17) is 4.74 Å². The van der Waals surface area contributed by atoms with Gasteiger partial charge in [0.05, 0.1) is 18.1 Å². The third-order valence-corrected chi connectivity index (χ3v) is 2.63. The van der Waals surface area contributed by atoms with Gasteiger partial charge in [-0.25, -0.2) is 0 Å². The number of ether oxygens (including phenoxy) is 1. The van der Waals surface area contributed by atoms with Crippen molar-refractivity contribution in [3.8, 4) is 5.75 Å². The molecule has 0 saturated heterocycles. The number of nitrogens with zero attached hydrogens (tertiary/aromatic N) is 3. The van der Waals surface area contributed by atoms with Gasteiger partial charge in [0.15, 0.2) is 5.75 Å². The summed E-state index contributed by atoms with van der Waals surface area (Å²) in [6, 6.07) is 6.41. The van der Waals surface area contributed by atoms with Gasteiger partial charge in [0.25, 0.3) is 0 Å². The highest BCUT2D eigenvalue weighted by atomic mass is 79.9. The molecule has 0 atom stereocenters. The molecule has 0 bridgehead atoms. The number of rotatable bonds is 5. The lowest BCUT2D eigenvalue weighted by molar-refractivity contribution is -0.385. The number of nitro groups is 1. The minimum Gasteiger partial charge on any atom is -0.485 e. The lowest BCUT2D eigenvalue weighted by atomic mass is 10.3. The summed E-state index contributed by atoms with van der Waals surface area (Å²) in [6.07, 6.45) is 3.95. The van der Waals surface area contributed by atoms with E-state index in [1.165, 1.54) is 6.07 Å². The predicted molar refractivity (Wildman–Crippen MR) is 77.4 cm³/mol. The molecule has 0 aromatic heterocycles. The van der Waals surface area contributed by atoms with Crippen molar-refractivity contribution in [1.29, 1.82) is 0 Å². The van der Waals surface area contributed by atoms with E-state index in [1.807, 2.05) is 24.3 Å². The SMILES string of the molecule is Br.CN1C=CN(CCOc2ccccc2[N+](=O)[O-])C1. The van der Waals surface area contributed by atoms with E-state index in [1.54, 1.807) is 18.2 Å². The van der Waals surface area contributed by atoms with E-state index in [9.17, 15) is 10.1 Å². The first-order valence-electron chi connectivity index (χ1n) is 5.65. The third-order valence-electron chi connectivity index (χ3n) is 2.63. The van der Waals surface area contributed by atoms with Crippen LogP contribution in [0.5, 0.6) is 5.75 Å². The van der Waals surface area contributed by atoms with Crippen LogP contribution >= 0.6 is 17.0 Å². The molecule has 1 heterocycles. The molecule has 0 fully saturated rings. The van der Waals surface area contributed by atoms with Gasteiger partial charge in [-0.3, -0.25) is 10.1 Å². The van der Waals surface area contributed by atoms with Crippen molar-refractivity contribution in [1.82, 2.24) is 9.80 Å².